The quantitative estimate of drug-likeness (QED) is 0.892. The van der Waals surface area contributed by atoms with Crippen molar-refractivity contribution in [2.45, 2.75) is 38.1 Å². The second kappa shape index (κ2) is 5.10. The Morgan fingerprint density at radius 3 is 2.37 bits per heavy atom. The van der Waals surface area contributed by atoms with Crippen molar-refractivity contribution in [1.29, 1.82) is 0 Å². The van der Waals surface area contributed by atoms with E-state index in [0.717, 1.165) is 6.54 Å². The number of rotatable bonds is 4. The molecule has 2 aromatic rings. The molecule has 1 heterocycles. The molecular weight excluding hydrogens is 250 g/mol. The van der Waals surface area contributed by atoms with Gasteiger partial charge in [0, 0.05) is 22.9 Å². The van der Waals surface area contributed by atoms with Crippen LogP contribution in [0.4, 0.5) is 0 Å². The van der Waals surface area contributed by atoms with Gasteiger partial charge in [0.2, 0.25) is 0 Å². The Bertz CT molecular complexity index is 517. The van der Waals surface area contributed by atoms with Gasteiger partial charge in [-0.3, -0.25) is 0 Å². The van der Waals surface area contributed by atoms with Crippen LogP contribution in [-0.2, 0) is 18.3 Å². The topological polar surface area (TPSA) is 12.0 Å². The van der Waals surface area contributed by atoms with E-state index in [1.54, 1.807) is 0 Å². The third-order valence-corrected chi connectivity index (χ3v) is 5.31. The van der Waals surface area contributed by atoms with Gasteiger partial charge in [-0.2, -0.15) is 0 Å². The molecular formula is C17H21NS. The van der Waals surface area contributed by atoms with Gasteiger partial charge in [-0.15, -0.1) is 11.3 Å². The molecule has 1 nitrogen and oxygen atoms in total. The molecule has 0 bridgehead atoms. The van der Waals surface area contributed by atoms with Crippen molar-refractivity contribution in [3.05, 3.63) is 57.8 Å². The van der Waals surface area contributed by atoms with Gasteiger partial charge < -0.3 is 5.32 Å². The molecule has 0 spiro atoms. The van der Waals surface area contributed by atoms with Crippen molar-refractivity contribution in [3.8, 4) is 0 Å². The standard InChI is InChI=1S/C17H21NS/c1-17(2,16-8-5-9-19-16)12-18-15-10-13-6-3-4-7-14(13)11-15/h3-9,15,18H,10-12H2,1-2H3. The Balaban J connectivity index is 1.60. The van der Waals surface area contributed by atoms with Crippen LogP contribution in [0.15, 0.2) is 41.8 Å². The number of fused-ring (bicyclic) bond motifs is 1. The lowest BCUT2D eigenvalue weighted by Crippen LogP contribution is -2.39. The lowest BCUT2D eigenvalue weighted by atomic mass is 9.91. The second-order valence-electron chi connectivity index (χ2n) is 6.12. The van der Waals surface area contributed by atoms with Gasteiger partial charge >= 0.3 is 0 Å². The second-order valence-corrected chi connectivity index (χ2v) is 7.06. The summed E-state index contributed by atoms with van der Waals surface area (Å²) in [4.78, 5) is 1.47. The fourth-order valence-electron chi connectivity index (χ4n) is 2.85. The first kappa shape index (κ1) is 12.9. The minimum absolute atomic E-state index is 0.225. The lowest BCUT2D eigenvalue weighted by molar-refractivity contribution is 0.428. The number of nitrogens with one attached hydrogen (secondary N) is 1. The summed E-state index contributed by atoms with van der Waals surface area (Å²) in [5.74, 6) is 0. The van der Waals surface area contributed by atoms with Crippen LogP contribution < -0.4 is 5.32 Å². The highest BCUT2D eigenvalue weighted by atomic mass is 32.1. The summed E-state index contributed by atoms with van der Waals surface area (Å²) in [5, 5.41) is 5.93. The smallest absolute Gasteiger partial charge is 0.0148 e. The molecule has 0 atom stereocenters. The zero-order chi connectivity index (χ0) is 13.3. The van der Waals surface area contributed by atoms with E-state index in [1.807, 2.05) is 11.3 Å². The van der Waals surface area contributed by atoms with Crippen LogP contribution in [0.2, 0.25) is 0 Å². The SMILES string of the molecule is CC(C)(CNC1Cc2ccccc2C1)c1cccs1. The van der Waals surface area contributed by atoms with E-state index in [1.165, 1.54) is 28.8 Å². The van der Waals surface area contributed by atoms with Gasteiger partial charge in [-0.05, 0) is 35.4 Å². The Kier molecular flexibility index (Phi) is 3.46. The molecule has 19 heavy (non-hydrogen) atoms. The van der Waals surface area contributed by atoms with E-state index in [0.29, 0.717) is 6.04 Å². The molecule has 1 aromatic carbocycles. The summed E-state index contributed by atoms with van der Waals surface area (Å²) >= 11 is 1.86. The Labute approximate surface area is 119 Å². The van der Waals surface area contributed by atoms with Crippen molar-refractivity contribution >= 4 is 11.3 Å². The Morgan fingerprint density at radius 2 is 1.79 bits per heavy atom. The van der Waals surface area contributed by atoms with Gasteiger partial charge in [-0.25, -0.2) is 0 Å². The van der Waals surface area contributed by atoms with Crippen molar-refractivity contribution in [1.82, 2.24) is 5.32 Å². The van der Waals surface area contributed by atoms with Crippen molar-refractivity contribution in [2.24, 2.45) is 0 Å². The van der Waals surface area contributed by atoms with Crippen molar-refractivity contribution in [2.75, 3.05) is 6.54 Å². The molecule has 1 aliphatic carbocycles. The van der Waals surface area contributed by atoms with Gasteiger partial charge in [0.25, 0.3) is 0 Å². The summed E-state index contributed by atoms with van der Waals surface area (Å²) in [7, 11) is 0. The van der Waals surface area contributed by atoms with Gasteiger partial charge in [0.05, 0.1) is 0 Å². The normalized spacial score (nSPS) is 15.7. The molecule has 1 N–H and O–H groups in total. The van der Waals surface area contributed by atoms with Crippen LogP contribution in [0, 0.1) is 0 Å². The van der Waals surface area contributed by atoms with Crippen LogP contribution >= 0.6 is 11.3 Å². The fourth-order valence-corrected chi connectivity index (χ4v) is 3.71. The predicted molar refractivity (Wildman–Crippen MR) is 83.0 cm³/mol. The first-order valence-corrected chi connectivity index (χ1v) is 7.87. The van der Waals surface area contributed by atoms with Gasteiger partial charge in [0.15, 0.2) is 0 Å². The molecule has 1 aromatic heterocycles. The number of thiophene rings is 1. The summed E-state index contributed by atoms with van der Waals surface area (Å²) in [6, 6.07) is 13.8. The molecule has 0 radical (unpaired) electrons. The summed E-state index contributed by atoms with van der Waals surface area (Å²) in [6.45, 7) is 5.70. The van der Waals surface area contributed by atoms with E-state index in [2.05, 4.69) is 60.9 Å². The number of benzene rings is 1. The van der Waals surface area contributed by atoms with Crippen LogP contribution in [0.25, 0.3) is 0 Å². The largest absolute Gasteiger partial charge is 0.312 e. The van der Waals surface area contributed by atoms with E-state index >= 15 is 0 Å². The maximum absolute atomic E-state index is 3.76. The lowest BCUT2D eigenvalue weighted by Gasteiger charge is -2.26. The minimum Gasteiger partial charge on any atom is -0.312 e. The van der Waals surface area contributed by atoms with E-state index in [4.69, 9.17) is 0 Å². The zero-order valence-electron chi connectivity index (χ0n) is 11.6. The number of hydrogen-bond donors (Lipinski definition) is 1. The molecule has 3 rings (SSSR count). The van der Waals surface area contributed by atoms with Crippen LogP contribution in [0.1, 0.15) is 29.9 Å². The summed E-state index contributed by atoms with van der Waals surface area (Å²) in [5.41, 5.74) is 3.27. The average Bonchev–Trinajstić information content (AvgIpc) is 3.05. The first-order chi connectivity index (χ1) is 9.15. The Hall–Kier alpha value is -1.12. The van der Waals surface area contributed by atoms with E-state index in [9.17, 15) is 0 Å². The molecule has 0 saturated heterocycles. The Morgan fingerprint density at radius 1 is 1.11 bits per heavy atom. The molecule has 0 aliphatic heterocycles. The molecule has 2 heteroatoms. The third-order valence-electron chi connectivity index (χ3n) is 4.07. The summed E-state index contributed by atoms with van der Waals surface area (Å²) in [6.07, 6.45) is 2.35. The fraction of sp³-hybridized carbons (Fsp3) is 0.412. The van der Waals surface area contributed by atoms with E-state index < -0.39 is 0 Å². The highest BCUT2D eigenvalue weighted by Gasteiger charge is 2.25. The maximum atomic E-state index is 3.76. The maximum Gasteiger partial charge on any atom is 0.0148 e. The van der Waals surface area contributed by atoms with Crippen LogP contribution in [-0.4, -0.2) is 12.6 Å². The molecule has 0 amide bonds. The predicted octanol–water partition coefficient (Wildman–Crippen LogP) is 3.78. The number of hydrogen-bond acceptors (Lipinski definition) is 2. The molecule has 0 fully saturated rings. The van der Waals surface area contributed by atoms with E-state index in [-0.39, 0.29) is 5.41 Å². The molecule has 1 aliphatic rings. The van der Waals surface area contributed by atoms with Crippen molar-refractivity contribution in [3.63, 3.8) is 0 Å². The first-order valence-electron chi connectivity index (χ1n) is 6.99. The van der Waals surface area contributed by atoms with Gasteiger partial charge in [-0.1, -0.05) is 44.2 Å². The average molecular weight is 271 g/mol. The molecule has 0 unspecified atom stereocenters. The molecule has 0 saturated carbocycles. The highest BCUT2D eigenvalue weighted by Crippen LogP contribution is 2.28. The summed E-state index contributed by atoms with van der Waals surface area (Å²) < 4.78 is 0. The third kappa shape index (κ3) is 2.75. The monoisotopic (exact) mass is 271 g/mol. The van der Waals surface area contributed by atoms with Gasteiger partial charge in [0.1, 0.15) is 0 Å². The van der Waals surface area contributed by atoms with Crippen LogP contribution in [0.3, 0.4) is 0 Å². The van der Waals surface area contributed by atoms with Crippen LogP contribution in [0.5, 0.6) is 0 Å². The van der Waals surface area contributed by atoms with Crippen molar-refractivity contribution < 1.29 is 0 Å². The zero-order valence-corrected chi connectivity index (χ0v) is 12.5. The molecule has 100 valence electrons. The minimum atomic E-state index is 0.225. The highest BCUT2D eigenvalue weighted by molar-refractivity contribution is 7.10.